The third-order valence-corrected chi connectivity index (χ3v) is 3.52. The summed E-state index contributed by atoms with van der Waals surface area (Å²) in [5.74, 6) is -1.78. The Morgan fingerprint density at radius 1 is 1.31 bits per heavy atom. The van der Waals surface area contributed by atoms with Crippen LogP contribution in [0.4, 0.5) is 0 Å². The minimum atomic E-state index is -0.841. The van der Waals surface area contributed by atoms with Crippen LogP contribution >= 0.6 is 0 Å². The maximum atomic E-state index is 12.0. The molecule has 0 spiro atoms. The molecular formula is C12H21NO3. The van der Waals surface area contributed by atoms with Gasteiger partial charge >= 0.3 is 5.97 Å². The molecule has 1 saturated carbocycles. The molecule has 4 heteroatoms. The molecule has 16 heavy (non-hydrogen) atoms. The van der Waals surface area contributed by atoms with E-state index in [4.69, 9.17) is 5.11 Å². The van der Waals surface area contributed by atoms with Gasteiger partial charge in [0.1, 0.15) is 0 Å². The summed E-state index contributed by atoms with van der Waals surface area (Å²) in [6.07, 6.45) is 2.99. The van der Waals surface area contributed by atoms with Gasteiger partial charge in [-0.15, -0.1) is 0 Å². The number of hydrogen-bond acceptors (Lipinski definition) is 2. The molecule has 1 aliphatic carbocycles. The predicted octanol–water partition coefficient (Wildman–Crippen LogP) is 1.79. The zero-order valence-electron chi connectivity index (χ0n) is 10.2. The monoisotopic (exact) mass is 227 g/mol. The van der Waals surface area contributed by atoms with Gasteiger partial charge in [-0.1, -0.05) is 13.3 Å². The number of hydrogen-bond donors (Lipinski definition) is 2. The van der Waals surface area contributed by atoms with Crippen molar-refractivity contribution < 1.29 is 14.7 Å². The van der Waals surface area contributed by atoms with Gasteiger partial charge in [-0.05, 0) is 33.1 Å². The van der Waals surface area contributed by atoms with Crippen LogP contribution in [0.15, 0.2) is 0 Å². The fourth-order valence-corrected chi connectivity index (χ4v) is 2.08. The van der Waals surface area contributed by atoms with Crippen LogP contribution in [0.25, 0.3) is 0 Å². The number of carboxylic acid groups (broad SMARTS) is 1. The second-order valence-electron chi connectivity index (χ2n) is 5.21. The summed E-state index contributed by atoms with van der Waals surface area (Å²) in [4.78, 5) is 22.9. The predicted molar refractivity (Wildman–Crippen MR) is 61.0 cm³/mol. The van der Waals surface area contributed by atoms with Crippen molar-refractivity contribution in [3.8, 4) is 0 Å². The Labute approximate surface area is 96.4 Å². The first-order valence-electron chi connectivity index (χ1n) is 5.92. The van der Waals surface area contributed by atoms with Crippen LogP contribution in [0.2, 0.25) is 0 Å². The van der Waals surface area contributed by atoms with Crippen molar-refractivity contribution in [1.29, 1.82) is 0 Å². The number of carboxylic acids is 1. The van der Waals surface area contributed by atoms with Gasteiger partial charge in [-0.2, -0.15) is 0 Å². The molecule has 0 aromatic rings. The SMILES string of the molecule is CCC(C)(C)NC(=O)[C@@H]1CCC[C@@H]1C(=O)O. The van der Waals surface area contributed by atoms with Crippen LogP contribution in [0.1, 0.15) is 46.5 Å². The molecule has 0 aromatic heterocycles. The van der Waals surface area contributed by atoms with Gasteiger partial charge in [0, 0.05) is 5.54 Å². The molecule has 0 heterocycles. The average Bonchev–Trinajstić information content (AvgIpc) is 2.65. The third kappa shape index (κ3) is 2.97. The van der Waals surface area contributed by atoms with E-state index in [1.54, 1.807) is 0 Å². The summed E-state index contributed by atoms with van der Waals surface area (Å²) in [6, 6.07) is 0. The van der Waals surface area contributed by atoms with Gasteiger partial charge in [0.25, 0.3) is 0 Å². The first-order valence-corrected chi connectivity index (χ1v) is 5.92. The van der Waals surface area contributed by atoms with Gasteiger partial charge in [-0.25, -0.2) is 0 Å². The molecule has 0 saturated heterocycles. The van der Waals surface area contributed by atoms with E-state index < -0.39 is 11.9 Å². The molecule has 1 amide bonds. The van der Waals surface area contributed by atoms with Gasteiger partial charge in [0.15, 0.2) is 0 Å². The lowest BCUT2D eigenvalue weighted by Gasteiger charge is -2.27. The molecule has 2 atom stereocenters. The molecule has 0 bridgehead atoms. The van der Waals surface area contributed by atoms with Gasteiger partial charge in [0.2, 0.25) is 5.91 Å². The summed E-state index contributed by atoms with van der Waals surface area (Å²) >= 11 is 0. The molecule has 92 valence electrons. The molecular weight excluding hydrogens is 206 g/mol. The Kier molecular flexibility index (Phi) is 3.94. The van der Waals surface area contributed by atoms with Crippen molar-refractivity contribution in [3.63, 3.8) is 0 Å². The van der Waals surface area contributed by atoms with Crippen molar-refractivity contribution in [2.24, 2.45) is 11.8 Å². The highest BCUT2D eigenvalue weighted by molar-refractivity contribution is 5.85. The maximum Gasteiger partial charge on any atom is 0.307 e. The highest BCUT2D eigenvalue weighted by Gasteiger charge is 2.38. The van der Waals surface area contributed by atoms with Crippen LogP contribution in [-0.2, 0) is 9.59 Å². The van der Waals surface area contributed by atoms with Crippen LogP contribution < -0.4 is 5.32 Å². The molecule has 2 N–H and O–H groups in total. The zero-order valence-corrected chi connectivity index (χ0v) is 10.2. The molecule has 1 aliphatic rings. The fourth-order valence-electron chi connectivity index (χ4n) is 2.08. The Morgan fingerprint density at radius 3 is 2.38 bits per heavy atom. The van der Waals surface area contributed by atoms with E-state index >= 15 is 0 Å². The molecule has 0 unspecified atom stereocenters. The van der Waals surface area contributed by atoms with E-state index in [1.165, 1.54) is 0 Å². The van der Waals surface area contributed by atoms with Crippen LogP contribution in [0.5, 0.6) is 0 Å². The van der Waals surface area contributed by atoms with E-state index in [1.807, 2.05) is 20.8 Å². The van der Waals surface area contributed by atoms with E-state index in [-0.39, 0.29) is 17.4 Å². The minimum Gasteiger partial charge on any atom is -0.481 e. The number of nitrogens with one attached hydrogen (secondary N) is 1. The number of amides is 1. The molecule has 0 aromatic carbocycles. The maximum absolute atomic E-state index is 12.0. The van der Waals surface area contributed by atoms with E-state index in [0.29, 0.717) is 12.8 Å². The highest BCUT2D eigenvalue weighted by Crippen LogP contribution is 2.32. The molecule has 0 radical (unpaired) electrons. The summed E-state index contributed by atoms with van der Waals surface area (Å²) in [5, 5.41) is 11.9. The summed E-state index contributed by atoms with van der Waals surface area (Å²) in [5.41, 5.74) is -0.247. The van der Waals surface area contributed by atoms with E-state index in [0.717, 1.165) is 12.8 Å². The molecule has 1 fully saturated rings. The number of carbonyl (C=O) groups is 2. The van der Waals surface area contributed by atoms with Crippen molar-refractivity contribution >= 4 is 11.9 Å². The number of carbonyl (C=O) groups excluding carboxylic acids is 1. The van der Waals surface area contributed by atoms with Crippen molar-refractivity contribution in [1.82, 2.24) is 5.32 Å². The number of aliphatic carboxylic acids is 1. The van der Waals surface area contributed by atoms with E-state index in [2.05, 4.69) is 5.32 Å². The minimum absolute atomic E-state index is 0.100. The summed E-state index contributed by atoms with van der Waals surface area (Å²) in [6.45, 7) is 5.91. The lowest BCUT2D eigenvalue weighted by atomic mass is 9.93. The van der Waals surface area contributed by atoms with Crippen LogP contribution in [-0.4, -0.2) is 22.5 Å². The Bertz CT molecular complexity index is 286. The lowest BCUT2D eigenvalue weighted by molar-refractivity contribution is -0.146. The standard InChI is InChI=1S/C12H21NO3/c1-4-12(2,3)13-10(14)8-6-5-7-9(8)11(15)16/h8-9H,4-7H2,1-3H3,(H,13,14)(H,15,16)/t8-,9+/m1/s1. The van der Waals surface area contributed by atoms with Crippen molar-refractivity contribution in [2.75, 3.05) is 0 Å². The van der Waals surface area contributed by atoms with E-state index in [9.17, 15) is 9.59 Å². The molecule has 4 nitrogen and oxygen atoms in total. The lowest BCUT2D eigenvalue weighted by Crippen LogP contribution is -2.47. The average molecular weight is 227 g/mol. The van der Waals surface area contributed by atoms with Gasteiger partial charge in [0.05, 0.1) is 11.8 Å². The first kappa shape index (κ1) is 13.0. The Morgan fingerprint density at radius 2 is 1.88 bits per heavy atom. The second-order valence-corrected chi connectivity index (χ2v) is 5.21. The van der Waals surface area contributed by atoms with Crippen molar-refractivity contribution in [3.05, 3.63) is 0 Å². The Balaban J connectivity index is 2.63. The van der Waals surface area contributed by atoms with Gasteiger partial charge in [-0.3, -0.25) is 9.59 Å². The summed E-state index contributed by atoms with van der Waals surface area (Å²) < 4.78 is 0. The zero-order chi connectivity index (χ0) is 12.3. The van der Waals surface area contributed by atoms with Crippen LogP contribution in [0.3, 0.4) is 0 Å². The Hall–Kier alpha value is -1.06. The smallest absolute Gasteiger partial charge is 0.307 e. The van der Waals surface area contributed by atoms with Crippen LogP contribution in [0, 0.1) is 11.8 Å². The third-order valence-electron chi connectivity index (χ3n) is 3.52. The largest absolute Gasteiger partial charge is 0.481 e. The summed E-state index contributed by atoms with van der Waals surface area (Å²) in [7, 11) is 0. The van der Waals surface area contributed by atoms with Crippen molar-refractivity contribution in [2.45, 2.75) is 52.0 Å². The quantitative estimate of drug-likeness (QED) is 0.769. The van der Waals surface area contributed by atoms with Gasteiger partial charge < -0.3 is 10.4 Å². The topological polar surface area (TPSA) is 66.4 Å². The fraction of sp³-hybridized carbons (Fsp3) is 0.833. The number of rotatable bonds is 4. The molecule has 1 rings (SSSR count). The first-order chi connectivity index (χ1) is 7.37. The second kappa shape index (κ2) is 4.85. The molecule has 0 aliphatic heterocycles. The normalized spacial score (nSPS) is 25.4. The highest BCUT2D eigenvalue weighted by atomic mass is 16.4.